The Morgan fingerprint density at radius 3 is 2.45 bits per heavy atom. The van der Waals surface area contributed by atoms with E-state index in [2.05, 4.69) is 10.6 Å². The summed E-state index contributed by atoms with van der Waals surface area (Å²) in [5.74, 6) is -1.30. The van der Waals surface area contributed by atoms with Crippen LogP contribution in [0.3, 0.4) is 0 Å². The number of anilines is 1. The molecule has 0 saturated heterocycles. The van der Waals surface area contributed by atoms with E-state index in [1.807, 2.05) is 6.92 Å². The van der Waals surface area contributed by atoms with Gasteiger partial charge in [0.1, 0.15) is 23.1 Å². The van der Waals surface area contributed by atoms with Crippen LogP contribution in [-0.4, -0.2) is 49.1 Å². The molecule has 0 atom stereocenters. The van der Waals surface area contributed by atoms with Crippen molar-refractivity contribution in [1.82, 2.24) is 5.32 Å². The average molecular weight is 480 g/mol. The lowest BCUT2D eigenvalue weighted by molar-refractivity contribution is -0.384. The Kier molecular flexibility index (Phi) is 9.43. The van der Waals surface area contributed by atoms with E-state index in [9.17, 15) is 24.5 Å². The van der Waals surface area contributed by atoms with Crippen molar-refractivity contribution in [3.8, 4) is 11.5 Å². The molecule has 0 aliphatic carbocycles. The number of ether oxygens (including phenoxy) is 3. The van der Waals surface area contributed by atoms with Crippen LogP contribution in [0.15, 0.2) is 36.4 Å². The number of halogens is 1. The summed E-state index contributed by atoms with van der Waals surface area (Å²) in [6.07, 6.45) is 0. The van der Waals surface area contributed by atoms with Gasteiger partial charge >= 0.3 is 5.97 Å². The molecule has 0 unspecified atom stereocenters. The van der Waals surface area contributed by atoms with Gasteiger partial charge in [-0.2, -0.15) is 0 Å². The molecular weight excluding hydrogens is 458 g/mol. The summed E-state index contributed by atoms with van der Waals surface area (Å²) in [4.78, 5) is 46.4. The van der Waals surface area contributed by atoms with Crippen molar-refractivity contribution < 1.29 is 33.5 Å². The van der Waals surface area contributed by atoms with Crippen molar-refractivity contribution in [1.29, 1.82) is 0 Å². The maximum Gasteiger partial charge on any atom is 0.325 e. The first-order valence-electron chi connectivity index (χ1n) is 9.82. The molecule has 0 aliphatic rings. The number of rotatable bonds is 11. The summed E-state index contributed by atoms with van der Waals surface area (Å²) in [7, 11) is 0. The predicted molar refractivity (Wildman–Crippen MR) is 119 cm³/mol. The molecule has 0 bridgehead atoms. The number of nitro groups is 1. The van der Waals surface area contributed by atoms with Gasteiger partial charge in [-0.25, -0.2) is 0 Å². The summed E-state index contributed by atoms with van der Waals surface area (Å²) in [6.45, 7) is 3.27. The second-order valence-corrected chi connectivity index (χ2v) is 6.75. The number of carbonyl (C=O) groups is 3. The van der Waals surface area contributed by atoms with Crippen LogP contribution in [-0.2, 0) is 14.3 Å². The zero-order chi connectivity index (χ0) is 24.4. The monoisotopic (exact) mass is 479 g/mol. The molecule has 2 N–H and O–H groups in total. The summed E-state index contributed by atoms with van der Waals surface area (Å²) in [5.41, 5.74) is -0.154. The molecule has 12 heteroatoms. The van der Waals surface area contributed by atoms with E-state index < -0.39 is 41.5 Å². The molecule has 2 aromatic carbocycles. The van der Waals surface area contributed by atoms with E-state index in [0.29, 0.717) is 30.4 Å². The summed E-state index contributed by atoms with van der Waals surface area (Å²) < 4.78 is 15.7. The average Bonchev–Trinajstić information content (AvgIpc) is 2.78. The summed E-state index contributed by atoms with van der Waals surface area (Å²) in [5, 5.41) is 15.6. The van der Waals surface area contributed by atoms with Gasteiger partial charge in [-0.3, -0.25) is 24.5 Å². The van der Waals surface area contributed by atoms with Crippen molar-refractivity contribution in [2.24, 2.45) is 0 Å². The van der Waals surface area contributed by atoms with E-state index >= 15 is 0 Å². The quantitative estimate of drug-likeness (QED) is 0.284. The number of nitrogens with one attached hydrogen (secondary N) is 2. The molecule has 2 aromatic rings. The number of amides is 2. The van der Waals surface area contributed by atoms with E-state index in [-0.39, 0.29) is 10.6 Å². The fourth-order valence-corrected chi connectivity index (χ4v) is 2.76. The molecular formula is C21H22ClN3O8. The van der Waals surface area contributed by atoms with Gasteiger partial charge in [0.05, 0.1) is 23.8 Å². The lowest BCUT2D eigenvalue weighted by atomic mass is 10.2. The largest absolute Gasteiger partial charge is 0.494 e. The van der Waals surface area contributed by atoms with Crippen LogP contribution in [0.25, 0.3) is 0 Å². The van der Waals surface area contributed by atoms with Gasteiger partial charge in [0.15, 0.2) is 6.61 Å². The first kappa shape index (κ1) is 25.4. The zero-order valence-corrected chi connectivity index (χ0v) is 18.6. The maximum absolute atomic E-state index is 12.2. The summed E-state index contributed by atoms with van der Waals surface area (Å²) in [6, 6.07) is 8.39. The molecule has 33 heavy (non-hydrogen) atoms. The van der Waals surface area contributed by atoms with Crippen molar-refractivity contribution in [2.75, 3.05) is 31.7 Å². The Hall–Kier alpha value is -3.86. The normalized spacial score (nSPS) is 10.2. The van der Waals surface area contributed by atoms with Gasteiger partial charge < -0.3 is 24.8 Å². The molecule has 0 radical (unpaired) electrons. The van der Waals surface area contributed by atoms with Crippen LogP contribution in [0.2, 0.25) is 5.02 Å². The Morgan fingerprint density at radius 2 is 1.79 bits per heavy atom. The molecule has 0 aromatic heterocycles. The highest BCUT2D eigenvalue weighted by Gasteiger charge is 2.17. The smallest absolute Gasteiger partial charge is 0.325 e. The minimum atomic E-state index is -0.880. The van der Waals surface area contributed by atoms with Crippen molar-refractivity contribution in [3.05, 3.63) is 57.1 Å². The van der Waals surface area contributed by atoms with Crippen molar-refractivity contribution in [3.63, 3.8) is 0 Å². The van der Waals surface area contributed by atoms with E-state index in [4.69, 9.17) is 25.8 Å². The highest BCUT2D eigenvalue weighted by Crippen LogP contribution is 2.29. The van der Waals surface area contributed by atoms with Crippen LogP contribution >= 0.6 is 11.6 Å². The number of hydrogen-bond acceptors (Lipinski definition) is 8. The Labute approximate surface area is 194 Å². The molecule has 0 aliphatic heterocycles. The summed E-state index contributed by atoms with van der Waals surface area (Å²) >= 11 is 5.70. The Balaban J connectivity index is 1.88. The lowest BCUT2D eigenvalue weighted by Crippen LogP contribution is -2.32. The second kappa shape index (κ2) is 12.2. The number of carbonyl (C=O) groups excluding carboxylic acids is 3. The SMILES string of the molecule is CCOc1ccc(OCC)c(NC(=O)COC(=O)CNC(=O)c2ccc(Cl)c([N+](=O)[O-])c2)c1. The highest BCUT2D eigenvalue weighted by atomic mass is 35.5. The van der Waals surface area contributed by atoms with E-state index in [1.165, 1.54) is 12.1 Å². The highest BCUT2D eigenvalue weighted by molar-refractivity contribution is 6.32. The minimum absolute atomic E-state index is 0.0609. The number of hydrogen-bond donors (Lipinski definition) is 2. The van der Waals surface area contributed by atoms with Gasteiger partial charge in [0.2, 0.25) is 0 Å². The van der Waals surface area contributed by atoms with Gasteiger partial charge in [-0.1, -0.05) is 11.6 Å². The molecule has 2 rings (SSSR count). The van der Waals surface area contributed by atoms with Crippen molar-refractivity contribution in [2.45, 2.75) is 13.8 Å². The number of esters is 1. The molecule has 0 fully saturated rings. The zero-order valence-electron chi connectivity index (χ0n) is 17.9. The van der Waals surface area contributed by atoms with E-state index in [1.54, 1.807) is 25.1 Å². The molecule has 11 nitrogen and oxygen atoms in total. The predicted octanol–water partition coefficient (Wildman–Crippen LogP) is 2.96. The van der Waals surface area contributed by atoms with Crippen LogP contribution in [0.4, 0.5) is 11.4 Å². The van der Waals surface area contributed by atoms with E-state index in [0.717, 1.165) is 6.07 Å². The molecule has 2 amide bonds. The molecule has 0 spiro atoms. The van der Waals surface area contributed by atoms with Crippen LogP contribution in [0.1, 0.15) is 24.2 Å². The minimum Gasteiger partial charge on any atom is -0.494 e. The Bertz CT molecular complexity index is 1040. The number of nitro benzene ring substituents is 1. The van der Waals surface area contributed by atoms with Crippen LogP contribution < -0.4 is 20.1 Å². The van der Waals surface area contributed by atoms with Gasteiger partial charge in [0.25, 0.3) is 17.5 Å². The topological polar surface area (TPSA) is 146 Å². The number of benzene rings is 2. The maximum atomic E-state index is 12.2. The fourth-order valence-electron chi connectivity index (χ4n) is 2.58. The number of nitrogens with zero attached hydrogens (tertiary/aromatic N) is 1. The van der Waals surface area contributed by atoms with Gasteiger partial charge in [-0.05, 0) is 38.1 Å². The molecule has 176 valence electrons. The third-order valence-electron chi connectivity index (χ3n) is 4.00. The lowest BCUT2D eigenvalue weighted by Gasteiger charge is -2.13. The molecule has 0 heterocycles. The van der Waals surface area contributed by atoms with Crippen LogP contribution in [0.5, 0.6) is 11.5 Å². The van der Waals surface area contributed by atoms with Gasteiger partial charge in [-0.15, -0.1) is 0 Å². The van der Waals surface area contributed by atoms with Crippen LogP contribution in [0, 0.1) is 10.1 Å². The van der Waals surface area contributed by atoms with Gasteiger partial charge in [0, 0.05) is 17.7 Å². The first-order valence-corrected chi connectivity index (χ1v) is 10.2. The molecule has 0 saturated carbocycles. The first-order chi connectivity index (χ1) is 15.7. The third-order valence-corrected chi connectivity index (χ3v) is 4.32. The second-order valence-electron chi connectivity index (χ2n) is 6.34. The Morgan fingerprint density at radius 1 is 1.06 bits per heavy atom. The third kappa shape index (κ3) is 7.65. The standard InChI is InChI=1S/C21H22ClN3O8/c1-3-31-14-6-8-18(32-4-2)16(10-14)24-19(26)12-33-20(27)11-23-21(28)13-5-7-15(22)17(9-13)25(29)30/h5-10H,3-4,11-12H2,1-2H3,(H,23,28)(H,24,26). The fraction of sp³-hybridized carbons (Fsp3) is 0.286. The van der Waals surface area contributed by atoms with Crippen molar-refractivity contribution >= 4 is 40.8 Å².